The van der Waals surface area contributed by atoms with Crippen LogP contribution < -0.4 is 20.4 Å². The van der Waals surface area contributed by atoms with Gasteiger partial charge in [-0.1, -0.05) is 41.9 Å². The van der Waals surface area contributed by atoms with Crippen molar-refractivity contribution >= 4 is 46.2 Å². The van der Waals surface area contributed by atoms with Crippen LogP contribution in [0.3, 0.4) is 0 Å². The summed E-state index contributed by atoms with van der Waals surface area (Å²) in [7, 11) is 0. The monoisotopic (exact) mass is 718 g/mol. The van der Waals surface area contributed by atoms with E-state index in [1.54, 1.807) is 24.3 Å². The van der Waals surface area contributed by atoms with Gasteiger partial charge in [-0.15, -0.1) is 0 Å². The summed E-state index contributed by atoms with van der Waals surface area (Å²) >= 11 is 6.00. The Bertz CT molecular complexity index is 1930. The molecule has 4 aromatic rings. The predicted molar refractivity (Wildman–Crippen MR) is 203 cm³/mol. The summed E-state index contributed by atoms with van der Waals surface area (Å²) in [6.07, 6.45) is 0.126. The van der Waals surface area contributed by atoms with E-state index in [0.717, 1.165) is 84.3 Å². The highest BCUT2D eigenvalue weighted by Crippen LogP contribution is 2.38. The van der Waals surface area contributed by atoms with Gasteiger partial charge in [0.05, 0.1) is 11.1 Å². The molecule has 4 aromatic carbocycles. The van der Waals surface area contributed by atoms with Crippen LogP contribution in [0, 0.1) is 41.5 Å². The van der Waals surface area contributed by atoms with Gasteiger partial charge in [0.1, 0.15) is 0 Å². The number of benzene rings is 4. The van der Waals surface area contributed by atoms with Crippen molar-refractivity contribution in [3.63, 3.8) is 0 Å². The number of nitrogens with zero attached hydrogens (tertiary/aromatic N) is 2. The van der Waals surface area contributed by atoms with Crippen molar-refractivity contribution in [2.75, 3.05) is 46.6 Å². The summed E-state index contributed by atoms with van der Waals surface area (Å²) < 4.78 is 39.7. The van der Waals surface area contributed by atoms with Crippen molar-refractivity contribution in [2.24, 2.45) is 0 Å². The summed E-state index contributed by atoms with van der Waals surface area (Å²) in [5, 5.41) is 6.39. The number of carbonyl (C=O) groups is 2. The molecular weight excluding hydrogens is 673 g/mol. The number of hydrogen-bond acceptors (Lipinski definition) is 4. The van der Waals surface area contributed by atoms with E-state index in [1.807, 2.05) is 33.8 Å². The van der Waals surface area contributed by atoms with E-state index in [9.17, 15) is 22.8 Å². The number of aryl methyl sites for hydroxylation is 4. The maximum absolute atomic E-state index is 13.2. The van der Waals surface area contributed by atoms with E-state index in [2.05, 4.69) is 40.3 Å². The third-order valence-corrected chi connectivity index (χ3v) is 9.98. The molecule has 2 amide bonds. The minimum Gasteiger partial charge on any atom is -0.371 e. The molecule has 6 rings (SSSR count). The molecule has 2 aliphatic rings. The second-order valence-corrected chi connectivity index (χ2v) is 14.0. The summed E-state index contributed by atoms with van der Waals surface area (Å²) in [4.78, 5) is 30.0. The quantitative estimate of drug-likeness (QED) is 0.208. The van der Waals surface area contributed by atoms with Gasteiger partial charge in [-0.25, -0.2) is 0 Å². The SMILES string of the molecule is Cc1cc(C)c(N2CCCC2)c(C)c1NC(=O)c1cccc(Cl)c1.Cc1cc(C)c(N2CCCC2)c(C)c1NC(=O)c1ccccc1C(F)(F)F. The fourth-order valence-corrected chi connectivity index (χ4v) is 7.70. The number of hydrogen-bond donors (Lipinski definition) is 2. The molecule has 270 valence electrons. The molecule has 51 heavy (non-hydrogen) atoms. The Labute approximate surface area is 304 Å². The van der Waals surface area contributed by atoms with E-state index < -0.39 is 17.6 Å². The molecule has 10 heteroatoms. The van der Waals surface area contributed by atoms with E-state index in [1.165, 1.54) is 42.3 Å². The molecular formula is C41H46ClF3N4O2. The van der Waals surface area contributed by atoms with E-state index in [-0.39, 0.29) is 11.5 Å². The van der Waals surface area contributed by atoms with E-state index in [4.69, 9.17) is 11.6 Å². The van der Waals surface area contributed by atoms with Gasteiger partial charge >= 0.3 is 6.18 Å². The molecule has 0 saturated carbocycles. The molecule has 2 saturated heterocycles. The molecule has 2 N–H and O–H groups in total. The van der Waals surface area contributed by atoms with Crippen LogP contribution in [-0.4, -0.2) is 38.0 Å². The van der Waals surface area contributed by atoms with Crippen LogP contribution in [0.5, 0.6) is 0 Å². The number of rotatable bonds is 6. The minimum absolute atomic E-state index is 0.125. The van der Waals surface area contributed by atoms with Gasteiger partial charge < -0.3 is 20.4 Å². The zero-order valence-electron chi connectivity index (χ0n) is 30.2. The molecule has 0 spiro atoms. The first-order chi connectivity index (χ1) is 24.2. The third kappa shape index (κ3) is 8.52. The number of anilines is 4. The molecule has 0 bridgehead atoms. The highest BCUT2D eigenvalue weighted by atomic mass is 35.5. The molecule has 0 aromatic heterocycles. The first-order valence-electron chi connectivity index (χ1n) is 17.4. The molecule has 2 aliphatic heterocycles. The minimum atomic E-state index is -4.58. The summed E-state index contributed by atoms with van der Waals surface area (Å²) in [6.45, 7) is 16.2. The molecule has 6 nitrogen and oxygen atoms in total. The second kappa shape index (κ2) is 15.8. The van der Waals surface area contributed by atoms with Gasteiger partial charge in [-0.05, 0) is 131 Å². The van der Waals surface area contributed by atoms with E-state index >= 15 is 0 Å². The first-order valence-corrected chi connectivity index (χ1v) is 17.8. The van der Waals surface area contributed by atoms with Crippen molar-refractivity contribution in [1.29, 1.82) is 0 Å². The topological polar surface area (TPSA) is 64.7 Å². The summed E-state index contributed by atoms with van der Waals surface area (Å²) in [5.41, 5.74) is 9.45. The van der Waals surface area contributed by atoms with Crippen molar-refractivity contribution in [2.45, 2.75) is 73.4 Å². The Hall–Kier alpha value is -4.50. The summed E-state index contributed by atoms with van der Waals surface area (Å²) in [6, 6.07) is 16.0. The van der Waals surface area contributed by atoms with Crippen LogP contribution in [0.25, 0.3) is 0 Å². The molecule has 2 fully saturated rings. The molecule has 2 heterocycles. The van der Waals surface area contributed by atoms with Gasteiger partial charge in [0, 0.05) is 59.5 Å². The van der Waals surface area contributed by atoms with Crippen LogP contribution in [0.15, 0.2) is 60.7 Å². The van der Waals surface area contributed by atoms with Crippen molar-refractivity contribution in [3.8, 4) is 0 Å². The van der Waals surface area contributed by atoms with Gasteiger partial charge in [0.25, 0.3) is 11.8 Å². The lowest BCUT2D eigenvalue weighted by Crippen LogP contribution is -2.23. The Kier molecular flexibility index (Phi) is 11.7. The molecule has 0 radical (unpaired) electrons. The van der Waals surface area contributed by atoms with Crippen molar-refractivity contribution < 1.29 is 22.8 Å². The van der Waals surface area contributed by atoms with Gasteiger partial charge in [0.2, 0.25) is 0 Å². The lowest BCUT2D eigenvalue weighted by Gasteiger charge is -2.26. The molecule has 0 aliphatic carbocycles. The number of carbonyl (C=O) groups excluding carboxylic acids is 2. The average Bonchev–Trinajstić information content (AvgIpc) is 3.80. The lowest BCUT2D eigenvalue weighted by atomic mass is 10.00. The van der Waals surface area contributed by atoms with Crippen LogP contribution in [0.1, 0.15) is 85.3 Å². The highest BCUT2D eigenvalue weighted by Gasteiger charge is 2.35. The number of amides is 2. The first kappa shape index (κ1) is 37.7. The largest absolute Gasteiger partial charge is 0.417 e. The maximum atomic E-state index is 13.2. The Morgan fingerprint density at radius 3 is 1.57 bits per heavy atom. The average molecular weight is 719 g/mol. The van der Waals surface area contributed by atoms with Gasteiger partial charge in [-0.2, -0.15) is 13.2 Å². The van der Waals surface area contributed by atoms with Crippen LogP contribution >= 0.6 is 11.6 Å². The van der Waals surface area contributed by atoms with Gasteiger partial charge in [-0.3, -0.25) is 9.59 Å². The van der Waals surface area contributed by atoms with E-state index in [0.29, 0.717) is 16.3 Å². The Morgan fingerprint density at radius 1 is 0.627 bits per heavy atom. The molecule has 0 atom stereocenters. The fourth-order valence-electron chi connectivity index (χ4n) is 7.51. The number of alkyl halides is 3. The number of nitrogens with one attached hydrogen (secondary N) is 2. The standard InChI is InChI=1S/C21H23F3N2O.C20H23ClN2O/c1-13-12-14(2)19(26-10-6-7-11-26)15(3)18(13)25-20(27)16-8-4-5-9-17(16)21(22,23)24;1-13-11-14(2)19(23-9-4-5-10-23)15(3)18(13)22-20(24)16-7-6-8-17(21)12-16/h4-5,8-9,12H,6-7,10-11H2,1-3H3,(H,25,27);6-8,11-12H,4-5,9-10H2,1-3H3,(H,22,24). The fraction of sp³-hybridized carbons (Fsp3) is 0.366. The summed E-state index contributed by atoms with van der Waals surface area (Å²) in [5.74, 6) is -0.870. The maximum Gasteiger partial charge on any atom is 0.417 e. The Morgan fingerprint density at radius 2 is 1.10 bits per heavy atom. The number of halogens is 4. The smallest absolute Gasteiger partial charge is 0.371 e. The molecule has 0 unspecified atom stereocenters. The zero-order valence-corrected chi connectivity index (χ0v) is 30.9. The van der Waals surface area contributed by atoms with Crippen LogP contribution in [-0.2, 0) is 6.18 Å². The van der Waals surface area contributed by atoms with Crippen molar-refractivity contribution in [3.05, 3.63) is 116 Å². The zero-order chi connectivity index (χ0) is 37.0. The van der Waals surface area contributed by atoms with Crippen LogP contribution in [0.4, 0.5) is 35.9 Å². The third-order valence-electron chi connectivity index (χ3n) is 9.75. The lowest BCUT2D eigenvalue weighted by molar-refractivity contribution is -0.137. The second-order valence-electron chi connectivity index (χ2n) is 13.6. The van der Waals surface area contributed by atoms with Gasteiger partial charge in [0.15, 0.2) is 0 Å². The van der Waals surface area contributed by atoms with Crippen LogP contribution in [0.2, 0.25) is 5.02 Å². The Balaban J connectivity index is 0.000000199. The highest BCUT2D eigenvalue weighted by molar-refractivity contribution is 6.31. The van der Waals surface area contributed by atoms with Crippen molar-refractivity contribution in [1.82, 2.24) is 0 Å². The predicted octanol–water partition coefficient (Wildman–Crippen LogP) is 10.6. The normalized spacial score (nSPS) is 14.3.